The lowest BCUT2D eigenvalue weighted by Crippen LogP contribution is -2.17. The van der Waals surface area contributed by atoms with E-state index in [1.165, 1.54) is 4.72 Å². The van der Waals surface area contributed by atoms with Crippen molar-refractivity contribution < 1.29 is 14.1 Å². The Morgan fingerprint density at radius 1 is 1.86 bits per heavy atom. The molecule has 6 heteroatoms. The molecule has 0 aromatic rings. The summed E-state index contributed by atoms with van der Waals surface area (Å²) in [7, 11) is -2.49. The summed E-state index contributed by atoms with van der Waals surface area (Å²) in [4.78, 5) is 9.39. The Kier molecular flexibility index (Phi) is 2.14. The Morgan fingerprint density at radius 3 is 2.29 bits per heavy atom. The van der Waals surface area contributed by atoms with Crippen molar-refractivity contribution in [2.75, 3.05) is 0 Å². The van der Waals surface area contributed by atoms with E-state index in [0.717, 1.165) is 0 Å². The third kappa shape index (κ3) is 5.22. The van der Waals surface area contributed by atoms with Crippen LogP contribution in [0.3, 0.4) is 0 Å². The summed E-state index contributed by atoms with van der Waals surface area (Å²) in [5, 5.41) is 7.67. The molecule has 0 aliphatic carbocycles. The fraction of sp³-hybridized carbons (Fsp3) is 0. The fourth-order valence-electron chi connectivity index (χ4n) is 0.0869. The number of thiol groups is 1. The lowest BCUT2D eigenvalue weighted by atomic mass is 11.3. The second-order valence-electron chi connectivity index (χ2n) is 0.711. The molecule has 0 saturated heterocycles. The van der Waals surface area contributed by atoms with Gasteiger partial charge in [-0.3, -0.25) is 0 Å². The topological polar surface area (TPSA) is 90.3 Å². The standard InChI is InChI=1S/CH4N2O3S/c2-7(6)3-1(4)5/h7H,(H,4,5)(H2,2,3,6). The zero-order valence-corrected chi connectivity index (χ0v) is 4.11. The normalized spacial score (nSPS) is 12.6. The van der Waals surface area contributed by atoms with Crippen molar-refractivity contribution in [3.63, 3.8) is 0 Å². The monoisotopic (exact) mass is 124 g/mol. The summed E-state index contributed by atoms with van der Waals surface area (Å²) >= 11 is 0. The molecule has 3 N–H and O–H groups in total. The van der Waals surface area contributed by atoms with Crippen LogP contribution in [0.4, 0.5) is 4.79 Å². The fourth-order valence-corrected chi connectivity index (χ4v) is 0.261. The summed E-state index contributed by atoms with van der Waals surface area (Å²) < 4.78 is 17.1. The van der Waals surface area contributed by atoms with E-state index < -0.39 is 16.9 Å². The van der Waals surface area contributed by atoms with E-state index in [-0.39, 0.29) is 0 Å². The highest BCUT2D eigenvalue weighted by molar-refractivity contribution is 7.72. The molecule has 0 fully saturated rings. The number of carbonyl (C=O) groups is 1. The van der Waals surface area contributed by atoms with Crippen LogP contribution < -0.4 is 4.72 Å². The minimum Gasteiger partial charge on any atom is -0.464 e. The van der Waals surface area contributed by atoms with Gasteiger partial charge in [0.25, 0.3) is 0 Å². The lowest BCUT2D eigenvalue weighted by molar-refractivity contribution is 0.201. The van der Waals surface area contributed by atoms with Gasteiger partial charge >= 0.3 is 6.09 Å². The average molecular weight is 124 g/mol. The van der Waals surface area contributed by atoms with Crippen LogP contribution >= 0.6 is 0 Å². The number of hydrogen-bond acceptors (Lipinski definition) is 3. The molecule has 0 radical (unpaired) electrons. The van der Waals surface area contributed by atoms with Crippen molar-refractivity contribution in [1.82, 2.24) is 4.72 Å². The van der Waals surface area contributed by atoms with Gasteiger partial charge in [0.05, 0.1) is 0 Å². The molecular formula is CH4N2O3S. The summed E-state index contributed by atoms with van der Waals surface area (Å²) in [5.74, 6) is 0. The van der Waals surface area contributed by atoms with Crippen LogP contribution in [0, 0.1) is 4.78 Å². The van der Waals surface area contributed by atoms with Crippen LogP contribution in [0.1, 0.15) is 0 Å². The Hall–Kier alpha value is -0.780. The highest BCUT2D eigenvalue weighted by Gasteiger charge is 1.86. The summed E-state index contributed by atoms with van der Waals surface area (Å²) in [5.41, 5.74) is 0. The highest BCUT2D eigenvalue weighted by atomic mass is 32.2. The minimum atomic E-state index is -2.49. The van der Waals surface area contributed by atoms with Crippen LogP contribution in [-0.4, -0.2) is 15.4 Å². The predicted molar refractivity (Wildman–Crippen MR) is 23.4 cm³/mol. The van der Waals surface area contributed by atoms with E-state index in [4.69, 9.17) is 9.89 Å². The van der Waals surface area contributed by atoms with Gasteiger partial charge in [-0.15, -0.1) is 0 Å². The van der Waals surface area contributed by atoms with Crippen molar-refractivity contribution in [3.8, 4) is 0 Å². The van der Waals surface area contributed by atoms with E-state index in [9.17, 15) is 9.00 Å². The number of hydrogen-bond donors (Lipinski definition) is 4. The van der Waals surface area contributed by atoms with Crippen molar-refractivity contribution in [1.29, 1.82) is 4.78 Å². The zero-order chi connectivity index (χ0) is 5.86. The maximum Gasteiger partial charge on any atom is 0.417 e. The molecular weight excluding hydrogens is 120 g/mol. The Bertz CT molecular complexity index is 130. The largest absolute Gasteiger partial charge is 0.464 e. The van der Waals surface area contributed by atoms with Gasteiger partial charge in [-0.1, -0.05) is 0 Å². The van der Waals surface area contributed by atoms with Crippen LogP contribution in [-0.2, 0) is 10.8 Å². The van der Waals surface area contributed by atoms with Gasteiger partial charge in [0, 0.05) is 0 Å². The van der Waals surface area contributed by atoms with Crippen molar-refractivity contribution in [3.05, 3.63) is 0 Å². The Morgan fingerprint density at radius 2 is 2.29 bits per heavy atom. The van der Waals surface area contributed by atoms with Crippen LogP contribution in [0.2, 0.25) is 0 Å². The molecule has 0 aliphatic heterocycles. The van der Waals surface area contributed by atoms with E-state index in [0.29, 0.717) is 0 Å². The first kappa shape index (κ1) is 6.22. The number of rotatable bonds is 1. The van der Waals surface area contributed by atoms with Crippen LogP contribution in [0.5, 0.6) is 0 Å². The van der Waals surface area contributed by atoms with E-state index in [1.54, 1.807) is 0 Å². The molecule has 1 amide bonds. The van der Waals surface area contributed by atoms with E-state index in [1.807, 2.05) is 0 Å². The number of amides is 1. The first-order valence-corrected chi connectivity index (χ1v) is 2.57. The van der Waals surface area contributed by atoms with Crippen molar-refractivity contribution in [2.24, 2.45) is 0 Å². The molecule has 5 nitrogen and oxygen atoms in total. The van der Waals surface area contributed by atoms with Gasteiger partial charge in [0.2, 0.25) is 0 Å². The number of nitrogens with one attached hydrogen (secondary N) is 2. The molecule has 0 aromatic carbocycles. The summed E-state index contributed by atoms with van der Waals surface area (Å²) in [6.45, 7) is 0. The zero-order valence-electron chi connectivity index (χ0n) is 3.21. The third-order valence-electron chi connectivity index (χ3n) is 0.197. The summed E-state index contributed by atoms with van der Waals surface area (Å²) in [6.07, 6.45) is -1.43. The van der Waals surface area contributed by atoms with Crippen molar-refractivity contribution >= 4 is 16.9 Å². The van der Waals surface area contributed by atoms with Crippen LogP contribution in [0.15, 0.2) is 0 Å². The molecule has 1 unspecified atom stereocenters. The van der Waals surface area contributed by atoms with Crippen LogP contribution in [0.25, 0.3) is 0 Å². The maximum absolute atomic E-state index is 9.58. The molecule has 0 bridgehead atoms. The molecule has 0 heterocycles. The third-order valence-corrected chi connectivity index (χ3v) is 0.592. The van der Waals surface area contributed by atoms with Gasteiger partial charge in [-0.25, -0.2) is 18.5 Å². The maximum atomic E-state index is 9.58. The molecule has 0 aromatic heterocycles. The molecule has 0 spiro atoms. The SMILES string of the molecule is N=[SH](=O)NC(=O)O. The van der Waals surface area contributed by atoms with Crippen molar-refractivity contribution in [2.45, 2.75) is 0 Å². The average Bonchev–Trinajstić information content (AvgIpc) is 1.27. The van der Waals surface area contributed by atoms with Gasteiger partial charge in [0.1, 0.15) is 10.8 Å². The van der Waals surface area contributed by atoms with Gasteiger partial charge < -0.3 is 5.11 Å². The molecule has 0 saturated carbocycles. The predicted octanol–water partition coefficient (Wildman–Crippen LogP) is -0.588. The Labute approximate surface area is 41.5 Å². The van der Waals surface area contributed by atoms with E-state index >= 15 is 0 Å². The lowest BCUT2D eigenvalue weighted by Gasteiger charge is -1.83. The second-order valence-corrected chi connectivity index (χ2v) is 1.52. The van der Waals surface area contributed by atoms with E-state index in [2.05, 4.69) is 0 Å². The minimum absolute atomic E-state index is 1.40. The first-order chi connectivity index (χ1) is 3.13. The molecule has 0 rings (SSSR count). The Balaban J connectivity index is 3.53. The molecule has 0 aliphatic rings. The van der Waals surface area contributed by atoms with Gasteiger partial charge in [-0.05, 0) is 0 Å². The molecule has 42 valence electrons. The number of carboxylic acid groups (broad SMARTS) is 1. The smallest absolute Gasteiger partial charge is 0.417 e. The first-order valence-electron chi connectivity index (χ1n) is 1.31. The van der Waals surface area contributed by atoms with Gasteiger partial charge in [0.15, 0.2) is 0 Å². The second kappa shape index (κ2) is 2.40. The molecule has 1 atom stereocenters. The molecule has 7 heavy (non-hydrogen) atoms. The van der Waals surface area contributed by atoms with Gasteiger partial charge in [-0.2, -0.15) is 0 Å². The highest BCUT2D eigenvalue weighted by Crippen LogP contribution is 1.56. The quantitative estimate of drug-likeness (QED) is 0.352. The summed E-state index contributed by atoms with van der Waals surface area (Å²) in [6, 6.07) is 0.